The van der Waals surface area contributed by atoms with Crippen molar-refractivity contribution in [1.82, 2.24) is 0 Å². The van der Waals surface area contributed by atoms with Crippen molar-refractivity contribution in [2.75, 3.05) is 20.3 Å². The van der Waals surface area contributed by atoms with Gasteiger partial charge in [0.15, 0.2) is 0 Å². The van der Waals surface area contributed by atoms with Crippen LogP contribution in [0.4, 0.5) is 0 Å². The van der Waals surface area contributed by atoms with E-state index < -0.39 is 0 Å². The maximum absolute atomic E-state index is 9.42. The topological polar surface area (TPSA) is 42.2 Å². The summed E-state index contributed by atoms with van der Waals surface area (Å²) in [4.78, 5) is 0. The van der Waals surface area contributed by atoms with Crippen LogP contribution in [0.2, 0.25) is 0 Å². The first-order valence-electron chi connectivity index (χ1n) is 5.90. The molecule has 0 saturated carbocycles. The standard InChI is InChI=1S/C14H17NO2/c1-16-13-5-3-2-4-12(13)10-14(11-15)6-8-17-9-7-14/h2-5H,6-10H2,1H3. The van der Waals surface area contributed by atoms with Crippen LogP contribution in [-0.4, -0.2) is 20.3 Å². The average molecular weight is 231 g/mol. The number of rotatable bonds is 3. The molecule has 0 unspecified atom stereocenters. The molecule has 0 spiro atoms. The van der Waals surface area contributed by atoms with Crippen LogP contribution in [0, 0.1) is 16.7 Å². The lowest BCUT2D eigenvalue weighted by Gasteiger charge is -2.31. The third-order valence-corrected chi connectivity index (χ3v) is 3.41. The molecule has 0 aromatic heterocycles. The van der Waals surface area contributed by atoms with Crippen LogP contribution >= 0.6 is 0 Å². The fourth-order valence-electron chi connectivity index (χ4n) is 2.30. The first kappa shape index (κ1) is 11.9. The summed E-state index contributed by atoms with van der Waals surface area (Å²) in [6.07, 6.45) is 2.36. The maximum Gasteiger partial charge on any atom is 0.122 e. The average Bonchev–Trinajstić information content (AvgIpc) is 2.40. The van der Waals surface area contributed by atoms with E-state index in [1.165, 1.54) is 0 Å². The number of hydrogen-bond acceptors (Lipinski definition) is 3. The molecule has 90 valence electrons. The van der Waals surface area contributed by atoms with E-state index >= 15 is 0 Å². The Morgan fingerprint density at radius 2 is 2.06 bits per heavy atom. The molecule has 17 heavy (non-hydrogen) atoms. The van der Waals surface area contributed by atoms with Crippen molar-refractivity contribution in [3.05, 3.63) is 29.8 Å². The number of nitrogens with zero attached hydrogens (tertiary/aromatic N) is 1. The fraction of sp³-hybridized carbons (Fsp3) is 0.500. The summed E-state index contributed by atoms with van der Waals surface area (Å²) in [6.45, 7) is 1.37. The van der Waals surface area contributed by atoms with E-state index in [9.17, 15) is 5.26 Å². The zero-order valence-electron chi connectivity index (χ0n) is 10.1. The van der Waals surface area contributed by atoms with Gasteiger partial charge in [0.25, 0.3) is 0 Å². The lowest BCUT2D eigenvalue weighted by atomic mass is 9.76. The lowest BCUT2D eigenvalue weighted by molar-refractivity contribution is 0.0404. The Hall–Kier alpha value is -1.53. The molecular formula is C14H17NO2. The highest BCUT2D eigenvalue weighted by molar-refractivity contribution is 5.35. The first-order chi connectivity index (χ1) is 8.29. The zero-order chi connectivity index (χ0) is 12.1. The number of nitriles is 1. The maximum atomic E-state index is 9.42. The number of para-hydroxylation sites is 1. The lowest BCUT2D eigenvalue weighted by Crippen LogP contribution is -2.30. The van der Waals surface area contributed by atoms with Gasteiger partial charge in [0.2, 0.25) is 0 Å². The molecule has 1 fully saturated rings. The van der Waals surface area contributed by atoms with Gasteiger partial charge in [-0.05, 0) is 30.9 Å². The van der Waals surface area contributed by atoms with Crippen LogP contribution in [0.25, 0.3) is 0 Å². The molecule has 0 aliphatic carbocycles. The Labute approximate surface area is 102 Å². The Bertz CT molecular complexity index is 416. The van der Waals surface area contributed by atoms with E-state index in [4.69, 9.17) is 9.47 Å². The number of methoxy groups -OCH3 is 1. The van der Waals surface area contributed by atoms with Crippen molar-refractivity contribution in [3.8, 4) is 11.8 Å². The van der Waals surface area contributed by atoms with E-state index in [-0.39, 0.29) is 5.41 Å². The third kappa shape index (κ3) is 2.59. The minimum atomic E-state index is -0.285. The predicted molar refractivity (Wildman–Crippen MR) is 64.8 cm³/mol. The molecule has 0 radical (unpaired) electrons. The molecular weight excluding hydrogens is 214 g/mol. The second-order valence-corrected chi connectivity index (χ2v) is 4.49. The summed E-state index contributed by atoms with van der Waals surface area (Å²) < 4.78 is 10.7. The van der Waals surface area contributed by atoms with Crippen LogP contribution in [0.15, 0.2) is 24.3 Å². The smallest absolute Gasteiger partial charge is 0.122 e. The minimum Gasteiger partial charge on any atom is -0.496 e. The molecule has 1 heterocycles. The van der Waals surface area contributed by atoms with Gasteiger partial charge in [-0.1, -0.05) is 18.2 Å². The van der Waals surface area contributed by atoms with Gasteiger partial charge in [0, 0.05) is 13.2 Å². The molecule has 1 aromatic rings. The van der Waals surface area contributed by atoms with Gasteiger partial charge in [-0.2, -0.15) is 5.26 Å². The van der Waals surface area contributed by atoms with E-state index in [1.807, 2.05) is 24.3 Å². The molecule has 2 rings (SSSR count). The van der Waals surface area contributed by atoms with E-state index in [1.54, 1.807) is 7.11 Å². The molecule has 0 bridgehead atoms. The van der Waals surface area contributed by atoms with Gasteiger partial charge in [0.05, 0.1) is 18.6 Å². The molecule has 0 N–H and O–H groups in total. The van der Waals surface area contributed by atoms with Crippen LogP contribution in [0.3, 0.4) is 0 Å². The van der Waals surface area contributed by atoms with Crippen LogP contribution < -0.4 is 4.74 Å². The molecule has 3 heteroatoms. The third-order valence-electron chi connectivity index (χ3n) is 3.41. The fourth-order valence-corrected chi connectivity index (χ4v) is 2.30. The molecule has 3 nitrogen and oxygen atoms in total. The summed E-state index contributed by atoms with van der Waals surface area (Å²) in [5.74, 6) is 0.869. The number of benzene rings is 1. The predicted octanol–water partition coefficient (Wildman–Crippen LogP) is 2.56. The van der Waals surface area contributed by atoms with Gasteiger partial charge < -0.3 is 9.47 Å². The summed E-state index contributed by atoms with van der Waals surface area (Å²) in [7, 11) is 1.67. The van der Waals surface area contributed by atoms with Gasteiger partial charge in [-0.3, -0.25) is 0 Å². The summed E-state index contributed by atoms with van der Waals surface area (Å²) in [5, 5.41) is 9.42. The van der Waals surface area contributed by atoms with Crippen LogP contribution in [0.1, 0.15) is 18.4 Å². The van der Waals surface area contributed by atoms with Crippen molar-refractivity contribution in [2.24, 2.45) is 5.41 Å². The summed E-state index contributed by atoms with van der Waals surface area (Å²) >= 11 is 0. The Morgan fingerprint density at radius 3 is 2.71 bits per heavy atom. The van der Waals surface area contributed by atoms with Crippen molar-refractivity contribution in [2.45, 2.75) is 19.3 Å². The second-order valence-electron chi connectivity index (χ2n) is 4.49. The van der Waals surface area contributed by atoms with Crippen molar-refractivity contribution in [1.29, 1.82) is 5.26 Å². The Balaban J connectivity index is 2.21. The SMILES string of the molecule is COc1ccccc1CC1(C#N)CCOCC1. The van der Waals surface area contributed by atoms with E-state index in [0.29, 0.717) is 13.2 Å². The van der Waals surface area contributed by atoms with Gasteiger partial charge >= 0.3 is 0 Å². The number of hydrogen-bond donors (Lipinski definition) is 0. The number of ether oxygens (including phenoxy) is 2. The minimum absolute atomic E-state index is 0.285. The largest absolute Gasteiger partial charge is 0.496 e. The first-order valence-corrected chi connectivity index (χ1v) is 5.90. The Kier molecular flexibility index (Phi) is 3.65. The van der Waals surface area contributed by atoms with Gasteiger partial charge in [0.1, 0.15) is 5.75 Å². The van der Waals surface area contributed by atoms with E-state index in [2.05, 4.69) is 6.07 Å². The Morgan fingerprint density at radius 1 is 1.35 bits per heavy atom. The second kappa shape index (κ2) is 5.20. The van der Waals surface area contributed by atoms with Crippen molar-refractivity contribution >= 4 is 0 Å². The molecule has 1 aliphatic rings. The summed E-state index contributed by atoms with van der Waals surface area (Å²) in [6, 6.07) is 10.4. The van der Waals surface area contributed by atoms with Crippen LogP contribution in [-0.2, 0) is 11.2 Å². The highest BCUT2D eigenvalue weighted by Crippen LogP contribution is 2.35. The molecule has 0 amide bonds. The van der Waals surface area contributed by atoms with Crippen molar-refractivity contribution < 1.29 is 9.47 Å². The molecule has 0 atom stereocenters. The van der Waals surface area contributed by atoms with Gasteiger partial charge in [-0.15, -0.1) is 0 Å². The van der Waals surface area contributed by atoms with E-state index in [0.717, 1.165) is 30.6 Å². The molecule has 1 saturated heterocycles. The molecule has 1 aromatic carbocycles. The highest BCUT2D eigenvalue weighted by atomic mass is 16.5. The van der Waals surface area contributed by atoms with Crippen molar-refractivity contribution in [3.63, 3.8) is 0 Å². The zero-order valence-corrected chi connectivity index (χ0v) is 10.1. The highest BCUT2D eigenvalue weighted by Gasteiger charge is 2.33. The van der Waals surface area contributed by atoms with Gasteiger partial charge in [-0.25, -0.2) is 0 Å². The normalized spacial score (nSPS) is 18.4. The summed E-state index contributed by atoms with van der Waals surface area (Å²) in [5.41, 5.74) is 0.825. The van der Waals surface area contributed by atoms with Crippen LogP contribution in [0.5, 0.6) is 5.75 Å². The monoisotopic (exact) mass is 231 g/mol. The quantitative estimate of drug-likeness (QED) is 0.802. The molecule has 1 aliphatic heterocycles.